The SMILES string of the molecule is O=C1/C(=C\c2ccc(-c3ccc(Br)cc3)o2)SC(=S)N1[C@@H]1CCS(=O)(=O)C1. The second kappa shape index (κ2) is 7.20. The number of thioether (sulfide) groups is 1. The van der Waals surface area contributed by atoms with Crippen LogP contribution in [0.15, 0.2) is 50.2 Å². The molecule has 0 spiro atoms. The van der Waals surface area contributed by atoms with Gasteiger partial charge in [-0.3, -0.25) is 9.69 Å². The van der Waals surface area contributed by atoms with Gasteiger partial charge in [-0.25, -0.2) is 8.42 Å². The number of hydrogen-bond acceptors (Lipinski definition) is 6. The predicted molar refractivity (Wildman–Crippen MR) is 114 cm³/mol. The Morgan fingerprint density at radius 1 is 1.22 bits per heavy atom. The number of carbonyl (C=O) groups is 1. The number of sulfone groups is 1. The van der Waals surface area contributed by atoms with Crippen molar-refractivity contribution in [1.29, 1.82) is 0 Å². The molecule has 2 fully saturated rings. The van der Waals surface area contributed by atoms with Gasteiger partial charge in [0.25, 0.3) is 5.91 Å². The van der Waals surface area contributed by atoms with E-state index in [9.17, 15) is 13.2 Å². The van der Waals surface area contributed by atoms with Crippen LogP contribution in [0.5, 0.6) is 0 Å². The number of furan rings is 1. The molecule has 1 amide bonds. The molecule has 0 radical (unpaired) electrons. The van der Waals surface area contributed by atoms with Gasteiger partial charge < -0.3 is 4.42 Å². The van der Waals surface area contributed by atoms with Crippen LogP contribution in [-0.4, -0.2) is 41.1 Å². The van der Waals surface area contributed by atoms with E-state index < -0.39 is 9.84 Å². The molecule has 2 aliphatic rings. The molecule has 0 bridgehead atoms. The van der Waals surface area contributed by atoms with E-state index in [4.69, 9.17) is 16.6 Å². The van der Waals surface area contributed by atoms with Gasteiger partial charge in [-0.15, -0.1) is 0 Å². The number of halogens is 1. The van der Waals surface area contributed by atoms with Crippen molar-refractivity contribution < 1.29 is 17.6 Å². The predicted octanol–water partition coefficient (Wildman–Crippen LogP) is 4.10. The van der Waals surface area contributed by atoms with E-state index in [0.29, 0.717) is 27.2 Å². The Morgan fingerprint density at radius 3 is 2.63 bits per heavy atom. The highest BCUT2D eigenvalue weighted by molar-refractivity contribution is 9.10. The monoisotopic (exact) mass is 483 g/mol. The zero-order valence-electron chi connectivity index (χ0n) is 13.9. The maximum absolute atomic E-state index is 12.7. The average molecular weight is 484 g/mol. The molecule has 3 heterocycles. The van der Waals surface area contributed by atoms with Crippen LogP contribution in [0.4, 0.5) is 0 Å². The van der Waals surface area contributed by atoms with E-state index in [1.54, 1.807) is 12.1 Å². The molecule has 0 unspecified atom stereocenters. The van der Waals surface area contributed by atoms with Crippen LogP contribution in [-0.2, 0) is 14.6 Å². The number of hydrogen-bond donors (Lipinski definition) is 0. The fourth-order valence-electron chi connectivity index (χ4n) is 3.10. The van der Waals surface area contributed by atoms with Crippen LogP contribution in [0.25, 0.3) is 17.4 Å². The van der Waals surface area contributed by atoms with E-state index in [-0.39, 0.29) is 23.5 Å². The number of benzene rings is 1. The van der Waals surface area contributed by atoms with Crippen LogP contribution in [0.1, 0.15) is 12.2 Å². The van der Waals surface area contributed by atoms with Crippen molar-refractivity contribution in [3.05, 3.63) is 51.5 Å². The lowest BCUT2D eigenvalue weighted by atomic mass is 10.2. The molecule has 2 aromatic rings. The fraction of sp³-hybridized carbons (Fsp3) is 0.222. The van der Waals surface area contributed by atoms with Gasteiger partial charge >= 0.3 is 0 Å². The largest absolute Gasteiger partial charge is 0.457 e. The fourth-order valence-corrected chi connectivity index (χ4v) is 6.45. The summed E-state index contributed by atoms with van der Waals surface area (Å²) in [5.41, 5.74) is 0.932. The minimum Gasteiger partial charge on any atom is -0.457 e. The van der Waals surface area contributed by atoms with Gasteiger partial charge in [0.15, 0.2) is 9.84 Å². The molecule has 1 aromatic heterocycles. The van der Waals surface area contributed by atoms with Crippen molar-refractivity contribution >= 4 is 66.1 Å². The number of rotatable bonds is 3. The van der Waals surface area contributed by atoms with Gasteiger partial charge in [0.05, 0.1) is 22.5 Å². The Hall–Kier alpha value is -1.42. The van der Waals surface area contributed by atoms with Gasteiger partial charge in [0, 0.05) is 16.1 Å². The third kappa shape index (κ3) is 3.91. The van der Waals surface area contributed by atoms with Crippen molar-refractivity contribution in [3.63, 3.8) is 0 Å². The number of nitrogens with zero attached hydrogens (tertiary/aromatic N) is 1. The van der Waals surface area contributed by atoms with Crippen LogP contribution >= 0.6 is 39.9 Å². The first-order valence-corrected chi connectivity index (χ1v) is 12.0. The summed E-state index contributed by atoms with van der Waals surface area (Å²) in [5.74, 6) is 1.07. The average Bonchev–Trinajstić information content (AvgIpc) is 3.28. The molecule has 27 heavy (non-hydrogen) atoms. The summed E-state index contributed by atoms with van der Waals surface area (Å²) in [6, 6.07) is 11.0. The summed E-state index contributed by atoms with van der Waals surface area (Å²) >= 11 is 9.89. The van der Waals surface area contributed by atoms with E-state index in [0.717, 1.165) is 10.0 Å². The van der Waals surface area contributed by atoms with E-state index in [1.165, 1.54) is 16.7 Å². The third-order valence-electron chi connectivity index (χ3n) is 4.43. The molecule has 0 N–H and O–H groups in total. The van der Waals surface area contributed by atoms with Crippen LogP contribution in [0.3, 0.4) is 0 Å². The summed E-state index contributed by atoms with van der Waals surface area (Å²) in [7, 11) is -3.09. The highest BCUT2D eigenvalue weighted by Gasteiger charge is 2.42. The zero-order chi connectivity index (χ0) is 19.2. The summed E-state index contributed by atoms with van der Waals surface area (Å²) < 4.78 is 30.7. The van der Waals surface area contributed by atoms with Crippen LogP contribution in [0, 0.1) is 0 Å². The first kappa shape index (κ1) is 18.9. The minimum absolute atomic E-state index is 0.0266. The molecule has 2 aliphatic heterocycles. The molecule has 5 nitrogen and oxygen atoms in total. The van der Waals surface area contributed by atoms with Crippen molar-refractivity contribution in [2.24, 2.45) is 0 Å². The van der Waals surface area contributed by atoms with Crippen molar-refractivity contribution in [1.82, 2.24) is 4.90 Å². The molecule has 0 saturated carbocycles. The Bertz CT molecular complexity index is 1060. The maximum atomic E-state index is 12.7. The highest BCUT2D eigenvalue weighted by Crippen LogP contribution is 2.37. The Morgan fingerprint density at radius 2 is 1.96 bits per heavy atom. The number of carbonyl (C=O) groups excluding carboxylic acids is 1. The van der Waals surface area contributed by atoms with E-state index in [1.807, 2.05) is 30.3 Å². The molecule has 140 valence electrons. The maximum Gasteiger partial charge on any atom is 0.266 e. The minimum atomic E-state index is -3.09. The van der Waals surface area contributed by atoms with Crippen molar-refractivity contribution in [2.75, 3.05) is 11.5 Å². The van der Waals surface area contributed by atoms with Gasteiger partial charge in [-0.2, -0.15) is 0 Å². The summed E-state index contributed by atoms with van der Waals surface area (Å²) in [4.78, 5) is 14.6. The van der Waals surface area contributed by atoms with E-state index in [2.05, 4.69) is 15.9 Å². The standard InChI is InChI=1S/C18H14BrNO4S3/c19-12-3-1-11(2-4-12)15-6-5-14(24-15)9-16-17(21)20(18(25)26-16)13-7-8-27(22,23)10-13/h1-6,9,13H,7-8,10H2/b16-9+/t13-/m1/s1. The van der Waals surface area contributed by atoms with Crippen molar-refractivity contribution in [3.8, 4) is 11.3 Å². The van der Waals surface area contributed by atoms with Gasteiger partial charge in [-0.1, -0.05) is 52.0 Å². The Kier molecular flexibility index (Phi) is 5.04. The molecule has 2 saturated heterocycles. The number of amides is 1. The first-order valence-electron chi connectivity index (χ1n) is 8.16. The lowest BCUT2D eigenvalue weighted by Gasteiger charge is -2.20. The summed E-state index contributed by atoms with van der Waals surface area (Å²) in [5, 5.41) is 0. The normalized spacial score (nSPS) is 23.5. The molecular weight excluding hydrogens is 470 g/mol. The highest BCUT2D eigenvalue weighted by atomic mass is 79.9. The second-order valence-corrected chi connectivity index (χ2v) is 11.1. The molecule has 4 rings (SSSR count). The van der Waals surface area contributed by atoms with Gasteiger partial charge in [0.1, 0.15) is 15.8 Å². The van der Waals surface area contributed by atoms with E-state index >= 15 is 0 Å². The summed E-state index contributed by atoms with van der Waals surface area (Å²) in [6.45, 7) is 0. The lowest BCUT2D eigenvalue weighted by Crippen LogP contribution is -2.39. The Labute approximate surface area is 174 Å². The lowest BCUT2D eigenvalue weighted by molar-refractivity contribution is -0.123. The molecular formula is C18H14BrNO4S3. The summed E-state index contributed by atoms with van der Waals surface area (Å²) in [6.07, 6.45) is 2.08. The first-order chi connectivity index (χ1) is 12.8. The Balaban J connectivity index is 1.56. The zero-order valence-corrected chi connectivity index (χ0v) is 18.0. The number of thiocarbonyl (C=S) groups is 1. The van der Waals surface area contributed by atoms with Gasteiger partial charge in [0.2, 0.25) is 0 Å². The van der Waals surface area contributed by atoms with Crippen LogP contribution in [0.2, 0.25) is 0 Å². The molecule has 0 aliphatic carbocycles. The van der Waals surface area contributed by atoms with Crippen LogP contribution < -0.4 is 0 Å². The molecule has 1 atom stereocenters. The molecule has 9 heteroatoms. The topological polar surface area (TPSA) is 67.6 Å². The third-order valence-corrected chi connectivity index (χ3v) is 8.04. The second-order valence-electron chi connectivity index (χ2n) is 6.32. The smallest absolute Gasteiger partial charge is 0.266 e. The molecule has 1 aromatic carbocycles. The van der Waals surface area contributed by atoms with Crippen molar-refractivity contribution in [2.45, 2.75) is 12.5 Å². The quantitative estimate of drug-likeness (QED) is 0.483. The van der Waals surface area contributed by atoms with Gasteiger partial charge in [-0.05, 0) is 30.7 Å².